The van der Waals surface area contributed by atoms with Gasteiger partial charge in [0.25, 0.3) is 0 Å². The molecule has 0 amide bonds. The van der Waals surface area contributed by atoms with Crippen LogP contribution in [0.4, 0.5) is 4.39 Å². The maximum atomic E-state index is 13.8. The largest absolute Gasteiger partial charge is 0.494 e. The van der Waals surface area contributed by atoms with Gasteiger partial charge in [0.2, 0.25) is 0 Å². The first-order valence-electron chi connectivity index (χ1n) is 6.86. The van der Waals surface area contributed by atoms with Crippen LogP contribution >= 0.6 is 0 Å². The minimum atomic E-state index is -0.298. The van der Waals surface area contributed by atoms with Crippen molar-refractivity contribution in [1.82, 2.24) is 4.90 Å². The number of benzene rings is 1. The molecule has 0 spiro atoms. The maximum absolute atomic E-state index is 13.8. The van der Waals surface area contributed by atoms with Gasteiger partial charge in [0.15, 0.2) is 11.6 Å². The van der Waals surface area contributed by atoms with Gasteiger partial charge < -0.3 is 10.5 Å². The predicted octanol–water partition coefficient (Wildman–Crippen LogP) is 2.56. The maximum Gasteiger partial charge on any atom is 0.165 e. The Hall–Kier alpha value is -1.13. The third-order valence-electron chi connectivity index (χ3n) is 4.21. The predicted molar refractivity (Wildman–Crippen MR) is 74.7 cm³/mol. The van der Waals surface area contributed by atoms with Crippen LogP contribution in [0, 0.1) is 11.7 Å². The third kappa shape index (κ3) is 3.07. The van der Waals surface area contributed by atoms with Crippen LogP contribution in [0.25, 0.3) is 0 Å². The molecule has 0 aliphatic carbocycles. The van der Waals surface area contributed by atoms with E-state index in [1.165, 1.54) is 7.11 Å². The van der Waals surface area contributed by atoms with Crippen LogP contribution in [-0.4, -0.2) is 31.1 Å². The molecule has 2 N–H and O–H groups in total. The Bertz CT molecular complexity index is 438. The second-order valence-corrected chi connectivity index (χ2v) is 5.49. The van der Waals surface area contributed by atoms with Gasteiger partial charge in [-0.25, -0.2) is 4.39 Å². The smallest absolute Gasteiger partial charge is 0.165 e. The van der Waals surface area contributed by atoms with Gasteiger partial charge in [-0.1, -0.05) is 13.0 Å². The number of piperidine rings is 1. The Labute approximate surface area is 114 Å². The highest BCUT2D eigenvalue weighted by molar-refractivity contribution is 5.30. The summed E-state index contributed by atoms with van der Waals surface area (Å²) >= 11 is 0. The van der Waals surface area contributed by atoms with E-state index in [1.807, 2.05) is 6.07 Å². The highest BCUT2D eigenvalue weighted by Gasteiger charge is 2.27. The van der Waals surface area contributed by atoms with E-state index in [2.05, 4.69) is 18.7 Å². The van der Waals surface area contributed by atoms with Crippen molar-refractivity contribution in [2.24, 2.45) is 11.7 Å². The van der Waals surface area contributed by atoms with E-state index >= 15 is 0 Å². The summed E-state index contributed by atoms with van der Waals surface area (Å²) in [5, 5.41) is 0. The Kier molecular flexibility index (Phi) is 4.42. The molecule has 4 heteroatoms. The molecule has 3 atom stereocenters. The van der Waals surface area contributed by atoms with E-state index in [9.17, 15) is 4.39 Å². The molecule has 0 aromatic heterocycles. The number of hydrogen-bond acceptors (Lipinski definition) is 3. The molecule has 1 fully saturated rings. The Morgan fingerprint density at radius 3 is 2.79 bits per heavy atom. The zero-order chi connectivity index (χ0) is 14.0. The molecular weight excluding hydrogens is 243 g/mol. The Morgan fingerprint density at radius 2 is 2.21 bits per heavy atom. The SMILES string of the molecule is COc1ccc(C(C)N2CCC(N)C(C)C2)cc1F. The highest BCUT2D eigenvalue weighted by Crippen LogP contribution is 2.28. The number of ether oxygens (including phenoxy) is 1. The van der Waals surface area contributed by atoms with Crippen molar-refractivity contribution in [3.63, 3.8) is 0 Å². The molecule has 19 heavy (non-hydrogen) atoms. The summed E-state index contributed by atoms with van der Waals surface area (Å²) in [4.78, 5) is 2.37. The number of nitrogens with zero attached hydrogens (tertiary/aromatic N) is 1. The number of halogens is 1. The van der Waals surface area contributed by atoms with Crippen LogP contribution in [0.5, 0.6) is 5.75 Å². The first-order valence-corrected chi connectivity index (χ1v) is 6.86. The minimum absolute atomic E-state index is 0.204. The summed E-state index contributed by atoms with van der Waals surface area (Å²) in [6, 6.07) is 5.70. The third-order valence-corrected chi connectivity index (χ3v) is 4.21. The van der Waals surface area contributed by atoms with E-state index in [4.69, 9.17) is 10.5 Å². The van der Waals surface area contributed by atoms with Crippen molar-refractivity contribution in [3.8, 4) is 5.75 Å². The topological polar surface area (TPSA) is 38.5 Å². The van der Waals surface area contributed by atoms with Crippen molar-refractivity contribution in [3.05, 3.63) is 29.6 Å². The number of nitrogens with two attached hydrogens (primary N) is 1. The van der Waals surface area contributed by atoms with Gasteiger partial charge >= 0.3 is 0 Å². The van der Waals surface area contributed by atoms with Crippen LogP contribution in [-0.2, 0) is 0 Å². The van der Waals surface area contributed by atoms with E-state index in [1.54, 1.807) is 12.1 Å². The van der Waals surface area contributed by atoms with Crippen LogP contribution in [0.3, 0.4) is 0 Å². The lowest BCUT2D eigenvalue weighted by Gasteiger charge is -2.38. The molecule has 0 saturated carbocycles. The van der Waals surface area contributed by atoms with E-state index in [0.29, 0.717) is 11.7 Å². The number of methoxy groups -OCH3 is 1. The van der Waals surface area contributed by atoms with Crippen molar-refractivity contribution >= 4 is 0 Å². The molecule has 106 valence electrons. The number of hydrogen-bond donors (Lipinski definition) is 1. The van der Waals surface area contributed by atoms with Gasteiger partial charge in [-0.2, -0.15) is 0 Å². The first kappa shape index (κ1) is 14.3. The molecule has 1 aliphatic heterocycles. The molecule has 3 unspecified atom stereocenters. The van der Waals surface area contributed by atoms with Gasteiger partial charge in [0.1, 0.15) is 0 Å². The molecule has 0 radical (unpaired) electrons. The molecule has 3 nitrogen and oxygen atoms in total. The number of likely N-dealkylation sites (tertiary alicyclic amines) is 1. The first-order chi connectivity index (χ1) is 9.02. The van der Waals surface area contributed by atoms with Crippen molar-refractivity contribution in [2.45, 2.75) is 32.4 Å². The monoisotopic (exact) mass is 266 g/mol. The average Bonchev–Trinajstić information content (AvgIpc) is 2.41. The molecule has 0 bridgehead atoms. The average molecular weight is 266 g/mol. The fraction of sp³-hybridized carbons (Fsp3) is 0.600. The quantitative estimate of drug-likeness (QED) is 0.914. The normalized spacial score (nSPS) is 26.2. The molecule has 1 saturated heterocycles. The summed E-state index contributed by atoms with van der Waals surface area (Å²) in [6.45, 7) is 6.24. The molecule has 1 aliphatic rings. The van der Waals surface area contributed by atoms with Crippen LogP contribution in [0.15, 0.2) is 18.2 Å². The van der Waals surface area contributed by atoms with Crippen LogP contribution < -0.4 is 10.5 Å². The van der Waals surface area contributed by atoms with Gasteiger partial charge in [-0.3, -0.25) is 4.90 Å². The van der Waals surface area contributed by atoms with Crippen LogP contribution in [0.1, 0.15) is 31.9 Å². The van der Waals surface area contributed by atoms with E-state index < -0.39 is 0 Å². The summed E-state index contributed by atoms with van der Waals surface area (Å²) in [7, 11) is 1.48. The highest BCUT2D eigenvalue weighted by atomic mass is 19.1. The minimum Gasteiger partial charge on any atom is -0.494 e. The van der Waals surface area contributed by atoms with E-state index in [-0.39, 0.29) is 17.9 Å². The van der Waals surface area contributed by atoms with Gasteiger partial charge in [-0.15, -0.1) is 0 Å². The van der Waals surface area contributed by atoms with Gasteiger partial charge in [0, 0.05) is 25.2 Å². The van der Waals surface area contributed by atoms with Crippen molar-refractivity contribution in [1.29, 1.82) is 0 Å². The van der Waals surface area contributed by atoms with Crippen molar-refractivity contribution in [2.75, 3.05) is 20.2 Å². The van der Waals surface area contributed by atoms with Crippen LogP contribution in [0.2, 0.25) is 0 Å². The molecular formula is C15H23FN2O. The lowest BCUT2D eigenvalue weighted by atomic mass is 9.92. The Balaban J connectivity index is 2.11. The summed E-state index contributed by atoms with van der Waals surface area (Å²) in [5.41, 5.74) is 7.03. The lowest BCUT2D eigenvalue weighted by molar-refractivity contribution is 0.124. The second-order valence-electron chi connectivity index (χ2n) is 5.49. The lowest BCUT2D eigenvalue weighted by Crippen LogP contribution is -2.46. The Morgan fingerprint density at radius 1 is 1.47 bits per heavy atom. The second kappa shape index (κ2) is 5.88. The standard InChI is InChI=1S/C15H23FN2O/c1-10-9-18(7-6-14(10)17)11(2)12-4-5-15(19-3)13(16)8-12/h4-5,8,10-11,14H,6-7,9,17H2,1-3H3. The summed E-state index contributed by atoms with van der Waals surface area (Å²) in [5.74, 6) is 0.484. The summed E-state index contributed by atoms with van der Waals surface area (Å²) in [6.07, 6.45) is 1.00. The molecule has 1 aromatic carbocycles. The molecule has 1 heterocycles. The fourth-order valence-corrected chi connectivity index (χ4v) is 2.70. The van der Waals surface area contributed by atoms with Gasteiger partial charge in [-0.05, 0) is 37.0 Å². The zero-order valence-corrected chi connectivity index (χ0v) is 11.9. The van der Waals surface area contributed by atoms with Crippen molar-refractivity contribution < 1.29 is 9.13 Å². The molecule has 1 aromatic rings. The molecule has 2 rings (SSSR count). The van der Waals surface area contributed by atoms with E-state index in [0.717, 1.165) is 25.1 Å². The fourth-order valence-electron chi connectivity index (χ4n) is 2.70. The zero-order valence-electron chi connectivity index (χ0n) is 11.9. The summed E-state index contributed by atoms with van der Waals surface area (Å²) < 4.78 is 18.7. The van der Waals surface area contributed by atoms with Gasteiger partial charge in [0.05, 0.1) is 7.11 Å². The number of rotatable bonds is 3.